The topological polar surface area (TPSA) is 95.7 Å². The molecular formula is C21H24N4O4. The van der Waals surface area contributed by atoms with Crippen molar-refractivity contribution >= 4 is 23.5 Å². The van der Waals surface area contributed by atoms with Gasteiger partial charge in [-0.2, -0.15) is 5.10 Å². The highest BCUT2D eigenvalue weighted by Gasteiger charge is 2.28. The van der Waals surface area contributed by atoms with Crippen LogP contribution >= 0.6 is 0 Å². The third-order valence-electron chi connectivity index (χ3n) is 5.85. The Balaban J connectivity index is 1.43. The Morgan fingerprint density at radius 3 is 2.55 bits per heavy atom. The molecule has 0 spiro atoms. The lowest BCUT2D eigenvalue weighted by atomic mass is 10.0. The van der Waals surface area contributed by atoms with Crippen LogP contribution in [-0.4, -0.2) is 57.2 Å². The van der Waals surface area contributed by atoms with Crippen molar-refractivity contribution in [2.24, 2.45) is 0 Å². The number of benzene rings is 1. The molecule has 2 saturated heterocycles. The average molecular weight is 396 g/mol. The lowest BCUT2D eigenvalue weighted by Crippen LogP contribution is -2.39. The smallest absolute Gasteiger partial charge is 0.339 e. The predicted octanol–water partition coefficient (Wildman–Crippen LogP) is 2.49. The first-order valence-corrected chi connectivity index (χ1v) is 9.93. The molecule has 1 aromatic carbocycles. The molecule has 0 unspecified atom stereocenters. The van der Waals surface area contributed by atoms with Crippen LogP contribution < -0.4 is 4.90 Å². The summed E-state index contributed by atoms with van der Waals surface area (Å²) in [5.41, 5.74) is 2.23. The molecule has 2 fully saturated rings. The van der Waals surface area contributed by atoms with Crippen LogP contribution in [0.2, 0.25) is 0 Å². The third kappa shape index (κ3) is 3.62. The van der Waals surface area contributed by atoms with Crippen LogP contribution in [0, 0.1) is 6.92 Å². The zero-order valence-electron chi connectivity index (χ0n) is 16.4. The molecule has 0 bridgehead atoms. The van der Waals surface area contributed by atoms with Gasteiger partial charge in [0.25, 0.3) is 5.91 Å². The molecule has 1 aromatic heterocycles. The van der Waals surface area contributed by atoms with Crippen molar-refractivity contribution in [3.8, 4) is 0 Å². The lowest BCUT2D eigenvalue weighted by molar-refractivity contribution is -0.117. The highest BCUT2D eigenvalue weighted by atomic mass is 16.4. The van der Waals surface area contributed by atoms with E-state index in [4.69, 9.17) is 0 Å². The van der Waals surface area contributed by atoms with E-state index in [1.807, 2.05) is 17.0 Å². The largest absolute Gasteiger partial charge is 0.478 e. The van der Waals surface area contributed by atoms with E-state index in [0.717, 1.165) is 24.9 Å². The summed E-state index contributed by atoms with van der Waals surface area (Å²) in [5.74, 6) is -0.913. The van der Waals surface area contributed by atoms with Crippen LogP contribution in [-0.2, 0) is 4.79 Å². The summed E-state index contributed by atoms with van der Waals surface area (Å²) in [4.78, 5) is 39.7. The first kappa shape index (κ1) is 19.2. The van der Waals surface area contributed by atoms with E-state index >= 15 is 0 Å². The normalized spacial score (nSPS) is 17.8. The number of carbonyl (C=O) groups excluding carboxylic acids is 2. The van der Waals surface area contributed by atoms with E-state index in [0.29, 0.717) is 37.3 Å². The maximum absolute atomic E-state index is 13.0. The van der Waals surface area contributed by atoms with E-state index in [1.165, 1.54) is 6.20 Å². The number of aromatic carboxylic acids is 1. The molecule has 0 atom stereocenters. The van der Waals surface area contributed by atoms with Crippen molar-refractivity contribution in [2.75, 3.05) is 24.5 Å². The van der Waals surface area contributed by atoms with Gasteiger partial charge in [-0.05, 0) is 44.4 Å². The molecule has 2 amide bonds. The fourth-order valence-electron chi connectivity index (χ4n) is 4.23. The summed E-state index contributed by atoms with van der Waals surface area (Å²) >= 11 is 0. The number of carboxylic acid groups (broad SMARTS) is 1. The number of rotatable bonds is 4. The first-order valence-electron chi connectivity index (χ1n) is 9.93. The van der Waals surface area contributed by atoms with Crippen LogP contribution in [0.25, 0.3) is 0 Å². The fourth-order valence-corrected chi connectivity index (χ4v) is 4.23. The Morgan fingerprint density at radius 1 is 1.17 bits per heavy atom. The highest BCUT2D eigenvalue weighted by molar-refractivity contribution is 5.99. The molecule has 2 aromatic rings. The van der Waals surface area contributed by atoms with Gasteiger partial charge in [-0.25, -0.2) is 4.79 Å². The summed E-state index contributed by atoms with van der Waals surface area (Å²) in [7, 11) is 0. The van der Waals surface area contributed by atoms with Crippen LogP contribution in [0.5, 0.6) is 0 Å². The fraction of sp³-hybridized carbons (Fsp3) is 0.429. The van der Waals surface area contributed by atoms with Gasteiger partial charge in [-0.15, -0.1) is 0 Å². The number of carbonyl (C=O) groups is 3. The number of hydrogen-bond acceptors (Lipinski definition) is 4. The zero-order valence-corrected chi connectivity index (χ0v) is 16.4. The summed E-state index contributed by atoms with van der Waals surface area (Å²) in [6.07, 6.45) is 4.23. The number of hydrogen-bond donors (Lipinski definition) is 1. The molecule has 0 aliphatic carbocycles. The molecule has 1 N–H and O–H groups in total. The summed E-state index contributed by atoms with van der Waals surface area (Å²) in [6.45, 7) is 3.62. The Labute approximate surface area is 168 Å². The standard InChI is InChI=1S/C21H24N4O4/c1-14-18(21(28)29)13-22-25(14)16-7-10-23(11-8-16)20(27)15-4-2-5-17(12-15)24-9-3-6-19(24)26/h2,4-5,12-13,16H,3,6-11H2,1H3,(H,28,29). The van der Waals surface area contributed by atoms with E-state index < -0.39 is 5.97 Å². The highest BCUT2D eigenvalue weighted by Crippen LogP contribution is 2.27. The van der Waals surface area contributed by atoms with Crippen molar-refractivity contribution in [3.63, 3.8) is 0 Å². The molecular weight excluding hydrogens is 372 g/mol. The van der Waals surface area contributed by atoms with Gasteiger partial charge in [0.2, 0.25) is 5.91 Å². The Morgan fingerprint density at radius 2 is 1.93 bits per heavy atom. The SMILES string of the molecule is Cc1c(C(=O)O)cnn1C1CCN(C(=O)c2cccc(N3CCCC3=O)c2)CC1. The Kier molecular flexibility index (Phi) is 5.08. The zero-order chi connectivity index (χ0) is 20.5. The third-order valence-corrected chi connectivity index (χ3v) is 5.85. The minimum atomic E-state index is -0.974. The predicted molar refractivity (Wildman–Crippen MR) is 106 cm³/mol. The molecule has 8 nitrogen and oxygen atoms in total. The van der Waals surface area contributed by atoms with Crippen LogP contribution in [0.1, 0.15) is 58.1 Å². The maximum Gasteiger partial charge on any atom is 0.339 e. The number of likely N-dealkylation sites (tertiary alicyclic amines) is 1. The molecule has 2 aliphatic rings. The molecule has 29 heavy (non-hydrogen) atoms. The minimum absolute atomic E-state index is 0.0413. The van der Waals surface area contributed by atoms with Crippen LogP contribution in [0.4, 0.5) is 5.69 Å². The second-order valence-corrected chi connectivity index (χ2v) is 7.62. The second kappa shape index (κ2) is 7.69. The van der Waals surface area contributed by atoms with Crippen molar-refractivity contribution in [3.05, 3.63) is 47.3 Å². The van der Waals surface area contributed by atoms with Gasteiger partial charge >= 0.3 is 5.97 Å². The van der Waals surface area contributed by atoms with Crippen molar-refractivity contribution in [2.45, 2.75) is 38.6 Å². The summed E-state index contributed by atoms with van der Waals surface area (Å²) in [5, 5.41) is 13.5. The second-order valence-electron chi connectivity index (χ2n) is 7.62. The van der Waals surface area contributed by atoms with Gasteiger partial charge in [0.1, 0.15) is 5.56 Å². The lowest BCUT2D eigenvalue weighted by Gasteiger charge is -2.33. The van der Waals surface area contributed by atoms with E-state index in [2.05, 4.69) is 5.10 Å². The molecule has 8 heteroatoms. The van der Waals surface area contributed by atoms with Gasteiger partial charge in [-0.1, -0.05) is 6.07 Å². The molecule has 4 rings (SSSR count). The molecule has 3 heterocycles. The molecule has 0 radical (unpaired) electrons. The Bertz CT molecular complexity index is 959. The number of anilines is 1. The molecule has 0 saturated carbocycles. The monoisotopic (exact) mass is 396 g/mol. The number of piperidine rings is 1. The first-order chi connectivity index (χ1) is 14.0. The van der Waals surface area contributed by atoms with Gasteiger partial charge in [0.05, 0.1) is 17.9 Å². The van der Waals surface area contributed by atoms with Crippen LogP contribution in [0.15, 0.2) is 30.5 Å². The molecule has 152 valence electrons. The quantitative estimate of drug-likeness (QED) is 0.857. The van der Waals surface area contributed by atoms with Gasteiger partial charge in [-0.3, -0.25) is 14.3 Å². The van der Waals surface area contributed by atoms with Crippen molar-refractivity contribution < 1.29 is 19.5 Å². The van der Waals surface area contributed by atoms with Gasteiger partial charge in [0, 0.05) is 37.3 Å². The van der Waals surface area contributed by atoms with E-state index in [9.17, 15) is 19.5 Å². The summed E-state index contributed by atoms with van der Waals surface area (Å²) < 4.78 is 1.77. The number of carboxylic acids is 1. The van der Waals surface area contributed by atoms with E-state index in [-0.39, 0.29) is 23.4 Å². The number of nitrogens with zero attached hydrogens (tertiary/aromatic N) is 4. The minimum Gasteiger partial charge on any atom is -0.478 e. The van der Waals surface area contributed by atoms with Gasteiger partial charge in [0.15, 0.2) is 0 Å². The maximum atomic E-state index is 13.0. The van der Waals surface area contributed by atoms with Gasteiger partial charge < -0.3 is 14.9 Å². The number of aromatic nitrogens is 2. The average Bonchev–Trinajstić information content (AvgIpc) is 3.33. The number of amides is 2. The Hall–Kier alpha value is -3.16. The van der Waals surface area contributed by atoms with E-state index in [1.54, 1.807) is 28.6 Å². The van der Waals surface area contributed by atoms with Crippen molar-refractivity contribution in [1.82, 2.24) is 14.7 Å². The van der Waals surface area contributed by atoms with Crippen molar-refractivity contribution in [1.29, 1.82) is 0 Å². The molecule has 2 aliphatic heterocycles. The summed E-state index contributed by atoms with van der Waals surface area (Å²) in [6, 6.07) is 7.36. The van der Waals surface area contributed by atoms with Crippen LogP contribution in [0.3, 0.4) is 0 Å².